The molecule has 7 heteroatoms. The molecule has 24 heavy (non-hydrogen) atoms. The number of hydrogen-bond donors (Lipinski definition) is 2. The zero-order valence-electron chi connectivity index (χ0n) is 13.4. The van der Waals surface area contributed by atoms with Crippen molar-refractivity contribution >= 4 is 17.7 Å². The van der Waals surface area contributed by atoms with Gasteiger partial charge in [-0.1, -0.05) is 49.6 Å². The summed E-state index contributed by atoms with van der Waals surface area (Å²) in [5.74, 6) is 1.53. The molecule has 5 nitrogen and oxygen atoms in total. The van der Waals surface area contributed by atoms with E-state index in [0.717, 1.165) is 23.7 Å². The van der Waals surface area contributed by atoms with Crippen molar-refractivity contribution in [1.29, 1.82) is 0 Å². The summed E-state index contributed by atoms with van der Waals surface area (Å²) < 4.78 is 12.8. The number of aromatic amines is 1. The highest BCUT2D eigenvalue weighted by Gasteiger charge is 2.17. The minimum atomic E-state index is -0.279. The van der Waals surface area contributed by atoms with Crippen LogP contribution in [0, 0.1) is 11.7 Å². The largest absolute Gasteiger partial charge is 0.351 e. The fourth-order valence-corrected chi connectivity index (χ4v) is 3.55. The van der Waals surface area contributed by atoms with Crippen molar-refractivity contribution in [2.24, 2.45) is 5.92 Å². The normalized spacial score (nSPS) is 14.9. The van der Waals surface area contributed by atoms with Gasteiger partial charge in [-0.25, -0.2) is 9.37 Å². The number of nitrogens with one attached hydrogen (secondary N) is 2. The predicted molar refractivity (Wildman–Crippen MR) is 91.0 cm³/mol. The van der Waals surface area contributed by atoms with E-state index < -0.39 is 0 Å². The van der Waals surface area contributed by atoms with E-state index in [1.807, 2.05) is 0 Å². The first-order valence-corrected chi connectivity index (χ1v) is 9.23. The SMILES string of the molecule is O=C(CSc1n[nH]c(CC2CCCC2)n1)NCc1ccc(F)cc1. The number of aromatic nitrogens is 3. The summed E-state index contributed by atoms with van der Waals surface area (Å²) in [6, 6.07) is 6.09. The molecule has 1 aromatic carbocycles. The van der Waals surface area contributed by atoms with Gasteiger partial charge in [0.25, 0.3) is 0 Å². The molecule has 1 heterocycles. The Morgan fingerprint density at radius 1 is 1.29 bits per heavy atom. The van der Waals surface area contributed by atoms with Gasteiger partial charge in [-0.15, -0.1) is 5.10 Å². The van der Waals surface area contributed by atoms with Crippen LogP contribution in [-0.2, 0) is 17.8 Å². The first-order valence-electron chi connectivity index (χ1n) is 8.24. The summed E-state index contributed by atoms with van der Waals surface area (Å²) in [5, 5.41) is 10.6. The second kappa shape index (κ2) is 8.28. The number of thioether (sulfide) groups is 1. The third-order valence-corrected chi connectivity index (χ3v) is 5.05. The Bertz CT molecular complexity index is 667. The molecule has 0 bridgehead atoms. The van der Waals surface area contributed by atoms with E-state index in [1.165, 1.54) is 49.6 Å². The molecular formula is C17H21FN4OS. The maximum atomic E-state index is 12.8. The van der Waals surface area contributed by atoms with Gasteiger partial charge in [0.05, 0.1) is 5.75 Å². The fraction of sp³-hybridized carbons (Fsp3) is 0.471. The molecule has 3 rings (SSSR count). The van der Waals surface area contributed by atoms with E-state index in [1.54, 1.807) is 12.1 Å². The third kappa shape index (κ3) is 5.06. The Kier molecular flexibility index (Phi) is 5.85. The van der Waals surface area contributed by atoms with Gasteiger partial charge in [0.1, 0.15) is 11.6 Å². The van der Waals surface area contributed by atoms with Crippen LogP contribution in [-0.4, -0.2) is 26.8 Å². The summed E-state index contributed by atoms with van der Waals surface area (Å²) in [6.45, 7) is 0.389. The topological polar surface area (TPSA) is 70.7 Å². The van der Waals surface area contributed by atoms with E-state index in [4.69, 9.17) is 0 Å². The molecule has 1 saturated carbocycles. The summed E-state index contributed by atoms with van der Waals surface area (Å²) in [5.41, 5.74) is 0.867. The fourth-order valence-electron chi connectivity index (χ4n) is 2.91. The van der Waals surface area contributed by atoms with E-state index in [9.17, 15) is 9.18 Å². The van der Waals surface area contributed by atoms with Crippen LogP contribution >= 0.6 is 11.8 Å². The predicted octanol–water partition coefficient (Wildman–Crippen LogP) is 3.09. The molecule has 1 aliphatic rings. The zero-order valence-corrected chi connectivity index (χ0v) is 14.2. The molecule has 0 unspecified atom stereocenters. The van der Waals surface area contributed by atoms with Crippen molar-refractivity contribution in [3.63, 3.8) is 0 Å². The van der Waals surface area contributed by atoms with Crippen molar-refractivity contribution in [3.8, 4) is 0 Å². The second-order valence-electron chi connectivity index (χ2n) is 6.11. The zero-order chi connectivity index (χ0) is 16.8. The van der Waals surface area contributed by atoms with Crippen LogP contribution in [0.4, 0.5) is 4.39 Å². The summed E-state index contributed by atoms with van der Waals surface area (Å²) in [7, 11) is 0. The minimum Gasteiger partial charge on any atom is -0.351 e. The van der Waals surface area contributed by atoms with Crippen LogP contribution in [0.5, 0.6) is 0 Å². The number of nitrogens with zero attached hydrogens (tertiary/aromatic N) is 2. The van der Waals surface area contributed by atoms with Gasteiger partial charge in [-0.2, -0.15) is 0 Å². The molecule has 128 valence electrons. The maximum absolute atomic E-state index is 12.8. The number of carbonyl (C=O) groups excluding carboxylic acids is 1. The quantitative estimate of drug-likeness (QED) is 0.755. The first-order chi connectivity index (χ1) is 11.7. The molecule has 1 aliphatic carbocycles. The Hall–Kier alpha value is -1.89. The van der Waals surface area contributed by atoms with Crippen molar-refractivity contribution in [2.75, 3.05) is 5.75 Å². The van der Waals surface area contributed by atoms with E-state index in [2.05, 4.69) is 20.5 Å². The van der Waals surface area contributed by atoms with Crippen LogP contribution in [0.25, 0.3) is 0 Å². The van der Waals surface area contributed by atoms with Crippen molar-refractivity contribution in [2.45, 2.75) is 43.8 Å². The van der Waals surface area contributed by atoms with Gasteiger partial charge in [0.2, 0.25) is 11.1 Å². The molecule has 0 saturated heterocycles. The standard InChI is InChI=1S/C17H21FN4OS/c18-14-7-5-13(6-8-14)10-19-16(23)11-24-17-20-15(21-22-17)9-12-3-1-2-4-12/h5-8,12H,1-4,9-11H2,(H,19,23)(H,20,21,22). The Labute approximate surface area is 144 Å². The third-order valence-electron chi connectivity index (χ3n) is 4.20. The molecule has 1 amide bonds. The lowest BCUT2D eigenvalue weighted by molar-refractivity contribution is -0.118. The molecule has 0 radical (unpaired) electrons. The minimum absolute atomic E-state index is 0.0912. The van der Waals surface area contributed by atoms with Gasteiger partial charge in [0, 0.05) is 13.0 Å². The Morgan fingerprint density at radius 3 is 2.79 bits per heavy atom. The van der Waals surface area contributed by atoms with E-state index in [0.29, 0.717) is 11.7 Å². The molecule has 1 aromatic heterocycles. The highest BCUT2D eigenvalue weighted by atomic mass is 32.2. The number of benzene rings is 1. The second-order valence-corrected chi connectivity index (χ2v) is 7.05. The number of H-pyrrole nitrogens is 1. The highest BCUT2D eigenvalue weighted by Crippen LogP contribution is 2.27. The molecular weight excluding hydrogens is 327 g/mol. The first kappa shape index (κ1) is 17.0. The number of carbonyl (C=O) groups is 1. The van der Waals surface area contributed by atoms with Crippen molar-refractivity contribution in [3.05, 3.63) is 41.5 Å². The molecule has 2 N–H and O–H groups in total. The maximum Gasteiger partial charge on any atom is 0.230 e. The van der Waals surface area contributed by atoms with E-state index >= 15 is 0 Å². The number of amides is 1. The lowest BCUT2D eigenvalue weighted by atomic mass is 10.0. The van der Waals surface area contributed by atoms with Gasteiger partial charge in [-0.05, 0) is 23.6 Å². The monoisotopic (exact) mass is 348 g/mol. The number of halogens is 1. The van der Waals surface area contributed by atoms with E-state index in [-0.39, 0.29) is 17.5 Å². The molecule has 2 aromatic rings. The number of rotatable bonds is 7. The van der Waals surface area contributed by atoms with Gasteiger partial charge >= 0.3 is 0 Å². The lowest BCUT2D eigenvalue weighted by Crippen LogP contribution is -2.24. The average Bonchev–Trinajstić information content (AvgIpc) is 3.25. The molecule has 0 aliphatic heterocycles. The highest BCUT2D eigenvalue weighted by molar-refractivity contribution is 7.99. The number of hydrogen-bond acceptors (Lipinski definition) is 4. The molecule has 0 atom stereocenters. The summed E-state index contributed by atoms with van der Waals surface area (Å²) >= 11 is 1.32. The van der Waals surface area contributed by atoms with Crippen molar-refractivity contribution in [1.82, 2.24) is 20.5 Å². The van der Waals surface area contributed by atoms with Crippen molar-refractivity contribution < 1.29 is 9.18 Å². The van der Waals surface area contributed by atoms with Gasteiger partial charge < -0.3 is 5.32 Å². The lowest BCUT2D eigenvalue weighted by Gasteiger charge is -2.04. The van der Waals surface area contributed by atoms with Gasteiger partial charge in [0.15, 0.2) is 0 Å². The smallest absolute Gasteiger partial charge is 0.230 e. The Balaban J connectivity index is 1.39. The van der Waals surface area contributed by atoms with Crippen LogP contribution in [0.3, 0.4) is 0 Å². The average molecular weight is 348 g/mol. The van der Waals surface area contributed by atoms with Crippen LogP contribution in [0.1, 0.15) is 37.1 Å². The van der Waals surface area contributed by atoms with Crippen LogP contribution in [0.2, 0.25) is 0 Å². The Morgan fingerprint density at radius 2 is 2.04 bits per heavy atom. The van der Waals surface area contributed by atoms with Crippen LogP contribution < -0.4 is 5.32 Å². The molecule has 1 fully saturated rings. The summed E-state index contributed by atoms with van der Waals surface area (Å²) in [6.07, 6.45) is 6.12. The summed E-state index contributed by atoms with van der Waals surface area (Å²) in [4.78, 5) is 16.3. The molecule has 0 spiro atoms. The van der Waals surface area contributed by atoms with Gasteiger partial charge in [-0.3, -0.25) is 9.89 Å². The van der Waals surface area contributed by atoms with Crippen LogP contribution in [0.15, 0.2) is 29.4 Å².